The number of rotatable bonds is 7. The van der Waals surface area contributed by atoms with E-state index in [9.17, 15) is 13.2 Å². The van der Waals surface area contributed by atoms with Crippen molar-refractivity contribution >= 4 is 27.5 Å². The third-order valence-corrected chi connectivity index (χ3v) is 8.41. The number of hydrogen-bond acceptors (Lipinski definition) is 4. The van der Waals surface area contributed by atoms with Crippen LogP contribution in [-0.2, 0) is 14.8 Å². The van der Waals surface area contributed by atoms with Gasteiger partial charge in [-0.1, -0.05) is 23.7 Å². The van der Waals surface area contributed by atoms with Gasteiger partial charge in [0.25, 0.3) is 0 Å². The molecule has 1 aliphatic heterocycles. The highest BCUT2D eigenvalue weighted by molar-refractivity contribution is 7.89. The van der Waals surface area contributed by atoms with Crippen LogP contribution in [0.4, 0.5) is 0 Å². The van der Waals surface area contributed by atoms with E-state index in [1.807, 2.05) is 13.8 Å². The molecule has 0 saturated carbocycles. The molecule has 1 N–H and O–H groups in total. The lowest BCUT2D eigenvalue weighted by molar-refractivity contribution is -0.126. The number of sulfonamides is 1. The van der Waals surface area contributed by atoms with Crippen LogP contribution in [0.2, 0.25) is 5.02 Å². The molecule has 2 aromatic carbocycles. The van der Waals surface area contributed by atoms with Crippen molar-refractivity contribution in [1.29, 1.82) is 0 Å². The van der Waals surface area contributed by atoms with Gasteiger partial charge in [0.15, 0.2) is 0 Å². The zero-order chi connectivity index (χ0) is 24.3. The molecule has 0 aliphatic carbocycles. The molecule has 1 saturated heterocycles. The Hall–Kier alpha value is -2.09. The van der Waals surface area contributed by atoms with Gasteiger partial charge in [0.1, 0.15) is 10.6 Å². The van der Waals surface area contributed by atoms with E-state index in [1.165, 1.54) is 21.5 Å². The first-order chi connectivity index (χ1) is 15.5. The number of carbonyl (C=O) groups excluding carboxylic acids is 1. The first-order valence-corrected chi connectivity index (χ1v) is 13.2. The average Bonchev–Trinajstić information content (AvgIpc) is 2.77. The normalized spacial score (nSPS) is 18.1. The van der Waals surface area contributed by atoms with E-state index < -0.39 is 15.9 Å². The predicted octanol–water partition coefficient (Wildman–Crippen LogP) is 4.94. The van der Waals surface area contributed by atoms with Crippen molar-refractivity contribution in [3.8, 4) is 5.75 Å². The summed E-state index contributed by atoms with van der Waals surface area (Å²) >= 11 is 6.09. The first-order valence-electron chi connectivity index (χ1n) is 11.3. The maximum atomic E-state index is 13.4. The van der Waals surface area contributed by atoms with E-state index in [4.69, 9.17) is 16.3 Å². The summed E-state index contributed by atoms with van der Waals surface area (Å²) in [5.41, 5.74) is 4.60. The molecular formula is C25H33ClN2O4S. The van der Waals surface area contributed by atoms with E-state index in [1.54, 1.807) is 19.1 Å². The van der Waals surface area contributed by atoms with Crippen LogP contribution in [0.5, 0.6) is 5.75 Å². The maximum Gasteiger partial charge on any atom is 0.246 e. The molecule has 1 amide bonds. The van der Waals surface area contributed by atoms with Gasteiger partial charge < -0.3 is 10.1 Å². The minimum Gasteiger partial charge on any atom is -0.492 e. The van der Waals surface area contributed by atoms with Gasteiger partial charge in [-0.25, -0.2) is 8.42 Å². The van der Waals surface area contributed by atoms with Gasteiger partial charge in [0, 0.05) is 18.1 Å². The Labute approximate surface area is 202 Å². The van der Waals surface area contributed by atoms with Gasteiger partial charge in [0.2, 0.25) is 15.9 Å². The van der Waals surface area contributed by atoms with Crippen molar-refractivity contribution in [3.63, 3.8) is 0 Å². The number of carbonyl (C=O) groups is 1. The largest absolute Gasteiger partial charge is 0.492 e. The summed E-state index contributed by atoms with van der Waals surface area (Å²) in [5.74, 6) is -0.277. The second kappa shape index (κ2) is 10.5. The molecule has 3 rings (SSSR count). The average molecular weight is 493 g/mol. The van der Waals surface area contributed by atoms with Crippen molar-refractivity contribution in [1.82, 2.24) is 9.62 Å². The number of ether oxygens (including phenoxy) is 1. The van der Waals surface area contributed by atoms with E-state index >= 15 is 0 Å². The second-order valence-corrected chi connectivity index (χ2v) is 11.1. The van der Waals surface area contributed by atoms with Gasteiger partial charge in [-0.2, -0.15) is 4.31 Å². The maximum absolute atomic E-state index is 13.4. The third-order valence-electron chi connectivity index (χ3n) is 6.29. The monoisotopic (exact) mass is 492 g/mol. The molecule has 0 aromatic heterocycles. The van der Waals surface area contributed by atoms with Crippen molar-refractivity contribution in [2.75, 3.05) is 19.7 Å². The lowest BCUT2D eigenvalue weighted by atomic mass is 9.95. The molecule has 180 valence electrons. The highest BCUT2D eigenvalue weighted by Crippen LogP contribution is 2.32. The lowest BCUT2D eigenvalue weighted by Gasteiger charge is -2.32. The molecule has 0 radical (unpaired) electrons. The highest BCUT2D eigenvalue weighted by Gasteiger charge is 2.35. The fourth-order valence-corrected chi connectivity index (χ4v) is 6.25. The number of amides is 1. The molecule has 6 nitrogen and oxygen atoms in total. The lowest BCUT2D eigenvalue weighted by Crippen LogP contribution is -2.45. The summed E-state index contributed by atoms with van der Waals surface area (Å²) < 4.78 is 33.7. The summed E-state index contributed by atoms with van der Waals surface area (Å²) in [6.45, 7) is 10.8. The summed E-state index contributed by atoms with van der Waals surface area (Å²) in [6, 6.07) is 8.66. The van der Waals surface area contributed by atoms with Crippen LogP contribution >= 0.6 is 11.6 Å². The number of piperidine rings is 1. The number of benzene rings is 2. The van der Waals surface area contributed by atoms with Gasteiger partial charge in [-0.3, -0.25) is 4.79 Å². The molecule has 1 heterocycles. The Kier molecular flexibility index (Phi) is 8.08. The summed E-state index contributed by atoms with van der Waals surface area (Å²) in [4.78, 5) is 13.1. The predicted molar refractivity (Wildman–Crippen MR) is 131 cm³/mol. The SMILES string of the molecule is CCOc1ccc(Cl)cc1S(=O)(=O)N1CCC[C@@H](C(=O)N[C@@H](C)c2cc(C)c(C)cc2C)C1. The number of halogens is 1. The van der Waals surface area contributed by atoms with Crippen molar-refractivity contribution < 1.29 is 17.9 Å². The zero-order valence-corrected chi connectivity index (χ0v) is 21.5. The van der Waals surface area contributed by atoms with E-state index in [0.717, 1.165) is 11.1 Å². The minimum absolute atomic E-state index is 0.0389. The Morgan fingerprint density at radius 1 is 1.18 bits per heavy atom. The Morgan fingerprint density at radius 3 is 2.58 bits per heavy atom. The minimum atomic E-state index is -3.86. The van der Waals surface area contributed by atoms with Crippen LogP contribution in [0.15, 0.2) is 35.2 Å². The van der Waals surface area contributed by atoms with Gasteiger partial charge >= 0.3 is 0 Å². The Morgan fingerprint density at radius 2 is 1.88 bits per heavy atom. The topological polar surface area (TPSA) is 75.7 Å². The van der Waals surface area contributed by atoms with E-state index in [2.05, 4.69) is 31.3 Å². The van der Waals surface area contributed by atoms with E-state index in [0.29, 0.717) is 31.0 Å². The quantitative estimate of drug-likeness (QED) is 0.593. The van der Waals surface area contributed by atoms with Crippen LogP contribution in [0.1, 0.15) is 55.0 Å². The zero-order valence-electron chi connectivity index (χ0n) is 19.9. The molecule has 0 spiro atoms. The van der Waals surface area contributed by atoms with Crippen LogP contribution in [0, 0.1) is 26.7 Å². The second-order valence-electron chi connectivity index (χ2n) is 8.75. The van der Waals surface area contributed by atoms with Gasteiger partial charge in [-0.15, -0.1) is 0 Å². The van der Waals surface area contributed by atoms with Crippen LogP contribution in [0.25, 0.3) is 0 Å². The molecule has 2 aromatic rings. The van der Waals surface area contributed by atoms with Crippen LogP contribution in [0.3, 0.4) is 0 Å². The molecular weight excluding hydrogens is 460 g/mol. The van der Waals surface area contributed by atoms with Gasteiger partial charge in [-0.05, 0) is 87.9 Å². The summed E-state index contributed by atoms with van der Waals surface area (Å²) in [6.07, 6.45) is 1.25. The van der Waals surface area contributed by atoms with Crippen LogP contribution < -0.4 is 10.1 Å². The van der Waals surface area contributed by atoms with E-state index in [-0.39, 0.29) is 29.1 Å². The van der Waals surface area contributed by atoms with Crippen molar-refractivity contribution in [2.24, 2.45) is 5.92 Å². The molecule has 0 unspecified atom stereocenters. The molecule has 8 heteroatoms. The number of nitrogens with one attached hydrogen (secondary N) is 1. The molecule has 1 aliphatic rings. The molecule has 33 heavy (non-hydrogen) atoms. The Bertz CT molecular complexity index is 1130. The number of hydrogen-bond donors (Lipinski definition) is 1. The molecule has 0 bridgehead atoms. The standard InChI is InChI=1S/C25H33ClN2O4S/c1-6-32-23-10-9-21(26)14-24(23)33(30,31)28-11-7-8-20(15-28)25(29)27-19(5)22-13-17(3)16(2)12-18(22)4/h9-10,12-14,19-20H,6-8,11,15H2,1-5H3,(H,27,29)/t19-,20+/m0/s1. The fourth-order valence-electron chi connectivity index (χ4n) is 4.33. The third kappa shape index (κ3) is 5.70. The highest BCUT2D eigenvalue weighted by atomic mass is 35.5. The van der Waals surface area contributed by atoms with Crippen molar-refractivity contribution in [2.45, 2.75) is 58.4 Å². The Balaban J connectivity index is 1.77. The summed E-state index contributed by atoms with van der Waals surface area (Å²) in [5, 5.41) is 3.42. The first kappa shape index (κ1) is 25.5. The van der Waals surface area contributed by atoms with Crippen molar-refractivity contribution in [3.05, 3.63) is 57.6 Å². The van der Waals surface area contributed by atoms with Crippen LogP contribution in [-0.4, -0.2) is 38.3 Å². The number of aryl methyl sites for hydroxylation is 3. The smallest absolute Gasteiger partial charge is 0.246 e. The summed E-state index contributed by atoms with van der Waals surface area (Å²) in [7, 11) is -3.86. The fraction of sp³-hybridized carbons (Fsp3) is 0.480. The number of nitrogens with zero attached hydrogens (tertiary/aromatic N) is 1. The molecule has 2 atom stereocenters. The van der Waals surface area contributed by atoms with Gasteiger partial charge in [0.05, 0.1) is 18.6 Å². The molecule has 1 fully saturated rings.